The predicted octanol–water partition coefficient (Wildman–Crippen LogP) is 6.22. The van der Waals surface area contributed by atoms with Crippen LogP contribution in [0.2, 0.25) is 0 Å². The summed E-state index contributed by atoms with van der Waals surface area (Å²) in [6.07, 6.45) is 9.18. The molecule has 5 aromatic rings. The van der Waals surface area contributed by atoms with Gasteiger partial charge in [-0.05, 0) is 78.4 Å². The van der Waals surface area contributed by atoms with Gasteiger partial charge in [-0.15, -0.1) is 0 Å². The Kier molecular flexibility index (Phi) is 5.21. The van der Waals surface area contributed by atoms with Gasteiger partial charge in [-0.2, -0.15) is 0 Å². The molecule has 2 aliphatic rings. The van der Waals surface area contributed by atoms with Gasteiger partial charge in [0, 0.05) is 11.5 Å². The van der Waals surface area contributed by atoms with E-state index < -0.39 is 0 Å². The van der Waals surface area contributed by atoms with Crippen molar-refractivity contribution in [2.24, 2.45) is 0 Å². The normalized spacial score (nSPS) is 18.5. The van der Waals surface area contributed by atoms with Gasteiger partial charge >= 0.3 is 0 Å². The minimum Gasteiger partial charge on any atom is -0.342 e. The van der Waals surface area contributed by atoms with Crippen LogP contribution in [0.4, 0.5) is 0 Å². The van der Waals surface area contributed by atoms with Gasteiger partial charge in [-0.3, -0.25) is 4.79 Å². The molecule has 3 N–H and O–H groups in total. The molecule has 1 saturated carbocycles. The van der Waals surface area contributed by atoms with Gasteiger partial charge in [0.15, 0.2) is 0 Å². The lowest BCUT2D eigenvalue weighted by atomic mass is 9.98. The summed E-state index contributed by atoms with van der Waals surface area (Å²) >= 11 is 0. The zero-order valence-corrected chi connectivity index (χ0v) is 20.2. The molecule has 2 fully saturated rings. The van der Waals surface area contributed by atoms with E-state index in [1.165, 1.54) is 36.5 Å². The van der Waals surface area contributed by atoms with E-state index >= 15 is 0 Å². The molecule has 0 unspecified atom stereocenters. The van der Waals surface area contributed by atoms with E-state index in [1.807, 2.05) is 18.3 Å². The number of benzene rings is 3. The topological polar surface area (TPSA) is 86.5 Å². The van der Waals surface area contributed by atoms with Crippen molar-refractivity contribution >= 4 is 21.7 Å². The smallest absolute Gasteiger partial charge is 0.258 e. The summed E-state index contributed by atoms with van der Waals surface area (Å²) in [7, 11) is 0. The first kappa shape index (κ1) is 21.5. The van der Waals surface area contributed by atoms with Gasteiger partial charge in [0.2, 0.25) is 0 Å². The number of imidazole rings is 1. The van der Waals surface area contributed by atoms with Crippen LogP contribution in [-0.4, -0.2) is 26.5 Å². The fraction of sp³-hybridized carbons (Fsp3) is 0.300. The van der Waals surface area contributed by atoms with Crippen LogP contribution in [0.15, 0.2) is 65.6 Å². The van der Waals surface area contributed by atoms with E-state index in [0.717, 1.165) is 58.9 Å². The molecule has 1 atom stereocenters. The quantitative estimate of drug-likeness (QED) is 0.288. The van der Waals surface area contributed by atoms with E-state index in [-0.39, 0.29) is 11.6 Å². The highest BCUT2D eigenvalue weighted by Gasteiger charge is 2.21. The molecule has 36 heavy (non-hydrogen) atoms. The summed E-state index contributed by atoms with van der Waals surface area (Å²) in [6.45, 7) is 0.970. The number of aromatic nitrogens is 4. The molecule has 1 aliphatic heterocycles. The first-order valence-corrected chi connectivity index (χ1v) is 13.1. The van der Waals surface area contributed by atoms with Crippen LogP contribution < -0.4 is 10.9 Å². The van der Waals surface area contributed by atoms with Crippen molar-refractivity contribution in [3.63, 3.8) is 0 Å². The third-order valence-corrected chi connectivity index (χ3v) is 7.94. The third kappa shape index (κ3) is 3.82. The van der Waals surface area contributed by atoms with Crippen molar-refractivity contribution in [2.45, 2.75) is 50.5 Å². The van der Waals surface area contributed by atoms with Crippen LogP contribution in [0.1, 0.15) is 62.1 Å². The highest BCUT2D eigenvalue weighted by molar-refractivity contribution is 5.92. The maximum absolute atomic E-state index is 12.9. The van der Waals surface area contributed by atoms with Gasteiger partial charge in [0.05, 0.1) is 28.8 Å². The predicted molar refractivity (Wildman–Crippen MR) is 144 cm³/mol. The molecular formula is C30H29N5O. The lowest BCUT2D eigenvalue weighted by Crippen LogP contribution is -2.20. The molecule has 1 saturated heterocycles. The van der Waals surface area contributed by atoms with Crippen LogP contribution in [0, 0.1) is 0 Å². The highest BCUT2D eigenvalue weighted by atomic mass is 16.1. The van der Waals surface area contributed by atoms with Crippen LogP contribution in [0.3, 0.4) is 0 Å². The standard InChI is InChI=1S/C30H29N5O/c36-30-24-16-22(11-12-25(24)33-29(35-30)26-6-3-13-31-26)20-7-8-21-15-23(10-9-19(21)14-20)27-17-32-28(34-27)18-4-1-2-5-18/h7-12,14-18,26,31H,1-6,13H2,(H,32,34)(H,33,35,36)/t26-/m0/s1. The van der Waals surface area contributed by atoms with Crippen LogP contribution >= 0.6 is 0 Å². The summed E-state index contributed by atoms with van der Waals surface area (Å²) in [5.41, 5.74) is 5.00. The SMILES string of the molecule is O=c1[nH]c([C@@H]2CCCN2)nc2ccc(-c3ccc4cc(-c5cnc(C6CCCC6)[nH]5)ccc4c3)cc12. The molecule has 3 heterocycles. The van der Waals surface area contributed by atoms with E-state index in [1.54, 1.807) is 0 Å². The second-order valence-corrected chi connectivity index (χ2v) is 10.3. The lowest BCUT2D eigenvalue weighted by molar-refractivity contribution is 0.606. The number of hydrogen-bond donors (Lipinski definition) is 3. The number of nitrogens with zero attached hydrogens (tertiary/aromatic N) is 2. The number of hydrogen-bond acceptors (Lipinski definition) is 4. The Bertz CT molecular complexity index is 1640. The monoisotopic (exact) mass is 475 g/mol. The van der Waals surface area contributed by atoms with Crippen molar-refractivity contribution in [3.8, 4) is 22.4 Å². The van der Waals surface area contributed by atoms with Crippen molar-refractivity contribution in [1.82, 2.24) is 25.3 Å². The average molecular weight is 476 g/mol. The molecule has 0 bridgehead atoms. The number of H-pyrrole nitrogens is 2. The Hall–Kier alpha value is -3.77. The number of nitrogens with one attached hydrogen (secondary N) is 3. The van der Waals surface area contributed by atoms with Crippen molar-refractivity contribution in [1.29, 1.82) is 0 Å². The van der Waals surface area contributed by atoms with Gasteiger partial charge in [0.1, 0.15) is 11.6 Å². The fourth-order valence-corrected chi connectivity index (χ4v) is 5.90. The minimum absolute atomic E-state index is 0.0764. The molecule has 6 heteroatoms. The van der Waals surface area contributed by atoms with Crippen LogP contribution in [0.5, 0.6) is 0 Å². The minimum atomic E-state index is -0.0764. The summed E-state index contributed by atoms with van der Waals surface area (Å²) in [5, 5.41) is 6.39. The summed E-state index contributed by atoms with van der Waals surface area (Å²) in [5.74, 6) is 2.45. The van der Waals surface area contributed by atoms with Gasteiger partial charge in [0.25, 0.3) is 5.56 Å². The number of aromatic amines is 2. The lowest BCUT2D eigenvalue weighted by Gasteiger charge is -2.11. The number of fused-ring (bicyclic) bond motifs is 2. The van der Waals surface area contributed by atoms with E-state index in [2.05, 4.69) is 62.7 Å². The molecule has 0 radical (unpaired) electrons. The van der Waals surface area contributed by atoms with Crippen molar-refractivity contribution < 1.29 is 0 Å². The Balaban J connectivity index is 1.20. The molecule has 0 amide bonds. The second-order valence-electron chi connectivity index (χ2n) is 10.3. The Morgan fingerprint density at radius 3 is 2.31 bits per heavy atom. The van der Waals surface area contributed by atoms with Gasteiger partial charge in [-0.1, -0.05) is 43.2 Å². The third-order valence-electron chi connectivity index (χ3n) is 7.94. The summed E-state index contributed by atoms with van der Waals surface area (Å²) < 4.78 is 0. The number of rotatable bonds is 4. The zero-order chi connectivity index (χ0) is 24.1. The summed E-state index contributed by atoms with van der Waals surface area (Å²) in [4.78, 5) is 28.9. The maximum Gasteiger partial charge on any atom is 0.258 e. The first-order chi connectivity index (χ1) is 17.7. The Labute approximate surface area is 209 Å². The molecule has 7 rings (SSSR count). The first-order valence-electron chi connectivity index (χ1n) is 13.1. The molecule has 3 aromatic carbocycles. The highest BCUT2D eigenvalue weighted by Crippen LogP contribution is 2.34. The Morgan fingerprint density at radius 2 is 1.50 bits per heavy atom. The van der Waals surface area contributed by atoms with Gasteiger partial charge < -0.3 is 15.3 Å². The molecule has 180 valence electrons. The molecule has 1 aliphatic carbocycles. The average Bonchev–Trinajstić information content (AvgIpc) is 3.70. The second kappa shape index (κ2) is 8.71. The van der Waals surface area contributed by atoms with E-state index in [4.69, 9.17) is 4.98 Å². The van der Waals surface area contributed by atoms with Crippen LogP contribution in [-0.2, 0) is 0 Å². The largest absolute Gasteiger partial charge is 0.342 e. The van der Waals surface area contributed by atoms with Crippen molar-refractivity contribution in [3.05, 3.63) is 82.8 Å². The van der Waals surface area contributed by atoms with Crippen molar-refractivity contribution in [2.75, 3.05) is 6.54 Å². The summed E-state index contributed by atoms with van der Waals surface area (Å²) in [6, 6.07) is 19.1. The fourth-order valence-electron chi connectivity index (χ4n) is 5.90. The van der Waals surface area contributed by atoms with E-state index in [0.29, 0.717) is 11.3 Å². The Morgan fingerprint density at radius 1 is 0.750 bits per heavy atom. The molecule has 2 aromatic heterocycles. The zero-order valence-electron chi connectivity index (χ0n) is 20.2. The molecule has 0 spiro atoms. The maximum atomic E-state index is 12.9. The van der Waals surface area contributed by atoms with E-state index in [9.17, 15) is 4.79 Å². The van der Waals surface area contributed by atoms with Gasteiger partial charge in [-0.25, -0.2) is 9.97 Å². The molecule has 6 nitrogen and oxygen atoms in total. The molecular weight excluding hydrogens is 446 g/mol. The van der Waals surface area contributed by atoms with Crippen LogP contribution in [0.25, 0.3) is 44.1 Å².